The van der Waals surface area contributed by atoms with Gasteiger partial charge in [-0.05, 0) is 18.2 Å². The highest BCUT2D eigenvalue weighted by atomic mass is 32.2. The van der Waals surface area contributed by atoms with Crippen molar-refractivity contribution >= 4 is 15.7 Å². The van der Waals surface area contributed by atoms with Gasteiger partial charge in [-0.15, -0.1) is 0 Å². The number of amidine groups is 1. The van der Waals surface area contributed by atoms with Crippen LogP contribution in [-0.4, -0.2) is 33.6 Å². The van der Waals surface area contributed by atoms with Crippen molar-refractivity contribution in [1.29, 1.82) is 0 Å². The number of sulfone groups is 1. The van der Waals surface area contributed by atoms with Gasteiger partial charge in [0.25, 0.3) is 0 Å². The molecule has 0 amide bonds. The molecule has 0 bridgehead atoms. The molecule has 5 nitrogen and oxygen atoms in total. The summed E-state index contributed by atoms with van der Waals surface area (Å²) < 4.78 is 43.6. The van der Waals surface area contributed by atoms with E-state index in [4.69, 9.17) is 4.74 Å². The van der Waals surface area contributed by atoms with Gasteiger partial charge in [-0.2, -0.15) is 0 Å². The number of hydrogen-bond acceptors (Lipinski definition) is 5. The molecule has 7 heteroatoms. The Kier molecular flexibility index (Phi) is 4.53. The number of nitrogens with one attached hydrogen (secondary N) is 1. The summed E-state index contributed by atoms with van der Waals surface area (Å²) in [4.78, 5) is 4.44. The smallest absolute Gasteiger partial charge is 0.175 e. The zero-order chi connectivity index (χ0) is 17.2. The third kappa shape index (κ3) is 3.41. The molecule has 1 heterocycles. The summed E-state index contributed by atoms with van der Waals surface area (Å²) in [6.45, 7) is 1.26. The molecule has 1 aliphatic heterocycles. The van der Waals surface area contributed by atoms with Crippen LogP contribution in [0.15, 0.2) is 52.4 Å². The molecule has 0 fully saturated rings. The molecule has 0 atom stereocenters. The topological polar surface area (TPSA) is 67.8 Å². The fourth-order valence-corrected chi connectivity index (χ4v) is 3.49. The number of benzene rings is 2. The van der Waals surface area contributed by atoms with Crippen molar-refractivity contribution in [2.24, 2.45) is 4.99 Å². The van der Waals surface area contributed by atoms with Crippen molar-refractivity contribution in [3.63, 3.8) is 0 Å². The van der Waals surface area contributed by atoms with Crippen LogP contribution in [0.2, 0.25) is 0 Å². The highest BCUT2D eigenvalue weighted by Crippen LogP contribution is 2.25. The van der Waals surface area contributed by atoms with Crippen LogP contribution in [0.25, 0.3) is 0 Å². The number of hydrogen-bond donors (Lipinski definition) is 1. The van der Waals surface area contributed by atoms with Crippen molar-refractivity contribution in [2.75, 3.05) is 19.3 Å². The highest BCUT2D eigenvalue weighted by Gasteiger charge is 2.19. The minimum absolute atomic E-state index is 0.0208. The third-order valence-corrected chi connectivity index (χ3v) is 4.84. The van der Waals surface area contributed by atoms with Gasteiger partial charge in [0.2, 0.25) is 0 Å². The lowest BCUT2D eigenvalue weighted by molar-refractivity contribution is 0.300. The summed E-state index contributed by atoms with van der Waals surface area (Å²) in [5.74, 6) is 0.350. The maximum Gasteiger partial charge on any atom is 0.175 e. The van der Waals surface area contributed by atoms with Crippen molar-refractivity contribution < 1.29 is 17.5 Å². The molecule has 0 saturated heterocycles. The Balaban J connectivity index is 1.90. The molecule has 1 aliphatic rings. The molecule has 0 unspecified atom stereocenters. The zero-order valence-electron chi connectivity index (χ0n) is 13.1. The van der Waals surface area contributed by atoms with Crippen LogP contribution in [0.4, 0.5) is 4.39 Å². The summed E-state index contributed by atoms with van der Waals surface area (Å²) in [7, 11) is -3.36. The van der Waals surface area contributed by atoms with E-state index in [1.54, 1.807) is 30.3 Å². The number of halogens is 1. The van der Waals surface area contributed by atoms with E-state index >= 15 is 0 Å². The number of nitrogens with zero attached hydrogens (tertiary/aromatic N) is 1. The lowest BCUT2D eigenvalue weighted by atomic mass is 10.1. The first kappa shape index (κ1) is 16.4. The molecular formula is C17H17FN2O3S. The summed E-state index contributed by atoms with van der Waals surface area (Å²) in [5, 5.41) is 3.02. The molecule has 0 aliphatic carbocycles. The molecule has 0 aromatic heterocycles. The van der Waals surface area contributed by atoms with E-state index in [1.807, 2.05) is 0 Å². The molecule has 126 valence electrons. The van der Waals surface area contributed by atoms with E-state index in [9.17, 15) is 12.8 Å². The van der Waals surface area contributed by atoms with Gasteiger partial charge in [-0.3, -0.25) is 4.99 Å². The summed E-state index contributed by atoms with van der Waals surface area (Å²) in [6, 6.07) is 11.1. The Bertz CT molecular complexity index is 894. The molecule has 3 rings (SSSR count). The van der Waals surface area contributed by atoms with Gasteiger partial charge in [0.05, 0.1) is 17.0 Å². The van der Waals surface area contributed by atoms with E-state index in [2.05, 4.69) is 10.3 Å². The molecular weight excluding hydrogens is 331 g/mol. The standard InChI is InChI=1S/C17H17FN2O3S/c1-24(21,22)15-8-3-2-5-12(15)11-23-14-7-4-6-13(18)16(14)17-19-9-10-20-17/h2-8H,9-11H2,1H3,(H,19,20). The quantitative estimate of drug-likeness (QED) is 0.899. The molecule has 24 heavy (non-hydrogen) atoms. The molecule has 0 saturated carbocycles. The first-order chi connectivity index (χ1) is 11.5. The SMILES string of the molecule is CS(=O)(=O)c1ccccc1COc1cccc(F)c1C1=NCCN1. The molecule has 1 N–H and O–H groups in total. The van der Waals surface area contributed by atoms with Gasteiger partial charge in [-0.25, -0.2) is 12.8 Å². The Morgan fingerprint density at radius 1 is 1.21 bits per heavy atom. The van der Waals surface area contributed by atoms with Crippen LogP contribution >= 0.6 is 0 Å². The predicted molar refractivity (Wildman–Crippen MR) is 89.7 cm³/mol. The maximum atomic E-state index is 14.2. The van der Waals surface area contributed by atoms with E-state index in [-0.39, 0.29) is 17.1 Å². The number of ether oxygens (including phenoxy) is 1. The second-order valence-corrected chi connectivity index (χ2v) is 7.42. The first-order valence-electron chi connectivity index (χ1n) is 7.45. The minimum Gasteiger partial charge on any atom is -0.488 e. The third-order valence-electron chi connectivity index (χ3n) is 3.64. The summed E-state index contributed by atoms with van der Waals surface area (Å²) in [5.41, 5.74) is 0.795. The van der Waals surface area contributed by atoms with Gasteiger partial charge in [0.1, 0.15) is 24.0 Å². The second kappa shape index (κ2) is 6.60. The van der Waals surface area contributed by atoms with Crippen molar-refractivity contribution in [2.45, 2.75) is 11.5 Å². The van der Waals surface area contributed by atoms with Crippen molar-refractivity contribution in [3.05, 3.63) is 59.4 Å². The van der Waals surface area contributed by atoms with Crippen LogP contribution in [0, 0.1) is 5.82 Å². The molecule has 0 spiro atoms. The van der Waals surface area contributed by atoms with Crippen LogP contribution in [0.5, 0.6) is 5.75 Å². The number of rotatable bonds is 5. The van der Waals surface area contributed by atoms with Crippen LogP contribution in [0.1, 0.15) is 11.1 Å². The van der Waals surface area contributed by atoms with E-state index in [1.165, 1.54) is 12.1 Å². The normalized spacial score (nSPS) is 14.2. The molecule has 2 aromatic rings. The Hall–Kier alpha value is -2.41. The Morgan fingerprint density at radius 2 is 2.00 bits per heavy atom. The molecule has 2 aromatic carbocycles. The van der Waals surface area contributed by atoms with Crippen molar-refractivity contribution in [3.8, 4) is 5.75 Å². The Morgan fingerprint density at radius 3 is 2.71 bits per heavy atom. The second-order valence-electron chi connectivity index (χ2n) is 5.44. The van der Waals surface area contributed by atoms with Crippen LogP contribution < -0.4 is 10.1 Å². The van der Waals surface area contributed by atoms with Crippen LogP contribution in [0.3, 0.4) is 0 Å². The molecule has 0 radical (unpaired) electrons. The van der Waals surface area contributed by atoms with Gasteiger partial charge >= 0.3 is 0 Å². The lowest BCUT2D eigenvalue weighted by Gasteiger charge is -2.14. The highest BCUT2D eigenvalue weighted by molar-refractivity contribution is 7.90. The fourth-order valence-electron chi connectivity index (χ4n) is 2.56. The monoisotopic (exact) mass is 348 g/mol. The minimum atomic E-state index is -3.36. The van der Waals surface area contributed by atoms with E-state index in [0.29, 0.717) is 30.2 Å². The predicted octanol–water partition coefficient (Wildman–Crippen LogP) is 2.16. The van der Waals surface area contributed by atoms with Crippen molar-refractivity contribution in [1.82, 2.24) is 5.32 Å². The van der Waals surface area contributed by atoms with Crippen LogP contribution in [-0.2, 0) is 16.4 Å². The fraction of sp³-hybridized carbons (Fsp3) is 0.235. The maximum absolute atomic E-state index is 14.2. The average molecular weight is 348 g/mol. The number of aliphatic imine (C=N–C) groups is 1. The summed E-state index contributed by atoms with van der Waals surface area (Å²) >= 11 is 0. The largest absolute Gasteiger partial charge is 0.488 e. The van der Waals surface area contributed by atoms with Gasteiger partial charge in [-0.1, -0.05) is 24.3 Å². The van der Waals surface area contributed by atoms with E-state index in [0.717, 1.165) is 6.26 Å². The van der Waals surface area contributed by atoms with Gasteiger partial charge < -0.3 is 10.1 Å². The first-order valence-corrected chi connectivity index (χ1v) is 9.34. The lowest BCUT2D eigenvalue weighted by Crippen LogP contribution is -2.21. The van der Waals surface area contributed by atoms with Gasteiger partial charge in [0, 0.05) is 18.4 Å². The van der Waals surface area contributed by atoms with E-state index < -0.39 is 15.7 Å². The zero-order valence-corrected chi connectivity index (χ0v) is 13.9. The van der Waals surface area contributed by atoms with Gasteiger partial charge in [0.15, 0.2) is 9.84 Å². The Labute approximate surface area is 140 Å². The average Bonchev–Trinajstić information content (AvgIpc) is 3.06. The summed E-state index contributed by atoms with van der Waals surface area (Å²) in [6.07, 6.45) is 1.15.